The Kier molecular flexibility index (Phi) is 8.69. The molecule has 3 rings (SSSR count). The standard InChI is InChI=1S/C25H34N2O3S/c1-4-6-20(28)16-26(13-5-2)17-25(29)27-14-11-24-22(12-15-31-24)23(27)18-30-21-9-7-19(3)8-10-21/h5,7-10,12,15,20,23,28H,2,4,6,11,13-14,16-18H2,1,3H3/t20-,23-/m0/s1. The first-order chi connectivity index (χ1) is 15.0. The van der Waals surface area contributed by atoms with Crippen LogP contribution in [0.4, 0.5) is 0 Å². The summed E-state index contributed by atoms with van der Waals surface area (Å²) in [5.41, 5.74) is 2.38. The molecule has 0 bridgehead atoms. The monoisotopic (exact) mass is 442 g/mol. The number of nitrogens with zero attached hydrogens (tertiary/aromatic N) is 2. The average molecular weight is 443 g/mol. The van der Waals surface area contributed by atoms with Crippen LogP contribution in [0.2, 0.25) is 0 Å². The molecule has 0 spiro atoms. The van der Waals surface area contributed by atoms with E-state index in [4.69, 9.17) is 4.74 Å². The van der Waals surface area contributed by atoms with E-state index < -0.39 is 6.10 Å². The minimum atomic E-state index is -0.428. The van der Waals surface area contributed by atoms with Gasteiger partial charge in [-0.05, 0) is 48.9 Å². The molecule has 1 aromatic heterocycles. The number of ether oxygens (including phenoxy) is 1. The van der Waals surface area contributed by atoms with E-state index in [2.05, 4.69) is 31.9 Å². The largest absolute Gasteiger partial charge is 0.491 e. The lowest BCUT2D eigenvalue weighted by atomic mass is 10.0. The fourth-order valence-corrected chi connectivity index (χ4v) is 5.00. The number of aliphatic hydroxyl groups is 1. The van der Waals surface area contributed by atoms with Gasteiger partial charge in [-0.15, -0.1) is 17.9 Å². The Bertz CT molecular complexity index is 849. The van der Waals surface area contributed by atoms with Crippen molar-refractivity contribution in [1.29, 1.82) is 0 Å². The van der Waals surface area contributed by atoms with Gasteiger partial charge in [-0.2, -0.15) is 0 Å². The van der Waals surface area contributed by atoms with Gasteiger partial charge < -0.3 is 14.7 Å². The van der Waals surface area contributed by atoms with E-state index in [1.54, 1.807) is 17.4 Å². The van der Waals surface area contributed by atoms with E-state index in [-0.39, 0.29) is 18.5 Å². The lowest BCUT2D eigenvalue weighted by Gasteiger charge is -2.37. The Hall–Kier alpha value is -2.15. The molecule has 0 radical (unpaired) electrons. The Labute approximate surface area is 189 Å². The predicted molar refractivity (Wildman–Crippen MR) is 127 cm³/mol. The smallest absolute Gasteiger partial charge is 0.237 e. The number of aryl methyl sites for hydroxylation is 1. The van der Waals surface area contributed by atoms with Gasteiger partial charge in [-0.1, -0.05) is 37.1 Å². The molecule has 2 atom stereocenters. The highest BCUT2D eigenvalue weighted by Crippen LogP contribution is 2.34. The van der Waals surface area contributed by atoms with Crippen LogP contribution in [0, 0.1) is 6.92 Å². The van der Waals surface area contributed by atoms with Gasteiger partial charge in [-0.3, -0.25) is 9.69 Å². The number of carbonyl (C=O) groups excluding carboxylic acids is 1. The number of thiophene rings is 1. The first-order valence-electron chi connectivity index (χ1n) is 11.1. The van der Waals surface area contributed by atoms with E-state index in [0.29, 0.717) is 26.2 Å². The molecule has 1 amide bonds. The van der Waals surface area contributed by atoms with Crippen molar-refractivity contribution in [3.63, 3.8) is 0 Å². The van der Waals surface area contributed by atoms with Crippen LogP contribution >= 0.6 is 11.3 Å². The van der Waals surface area contributed by atoms with Crippen LogP contribution in [0.3, 0.4) is 0 Å². The van der Waals surface area contributed by atoms with Gasteiger partial charge in [-0.25, -0.2) is 0 Å². The van der Waals surface area contributed by atoms with Crippen LogP contribution in [0.25, 0.3) is 0 Å². The maximum Gasteiger partial charge on any atom is 0.237 e. The van der Waals surface area contributed by atoms with E-state index in [9.17, 15) is 9.90 Å². The molecule has 0 aliphatic carbocycles. The summed E-state index contributed by atoms with van der Waals surface area (Å²) in [5.74, 6) is 0.885. The zero-order chi connectivity index (χ0) is 22.2. The minimum Gasteiger partial charge on any atom is -0.491 e. The highest BCUT2D eigenvalue weighted by molar-refractivity contribution is 7.10. The van der Waals surface area contributed by atoms with Crippen molar-refractivity contribution in [1.82, 2.24) is 9.80 Å². The quantitative estimate of drug-likeness (QED) is 0.530. The first kappa shape index (κ1) is 23.5. The highest BCUT2D eigenvalue weighted by atomic mass is 32.1. The fraction of sp³-hybridized carbons (Fsp3) is 0.480. The van der Waals surface area contributed by atoms with Gasteiger partial charge in [0.1, 0.15) is 12.4 Å². The molecule has 31 heavy (non-hydrogen) atoms. The van der Waals surface area contributed by atoms with Crippen molar-refractivity contribution in [2.24, 2.45) is 0 Å². The van der Waals surface area contributed by atoms with E-state index >= 15 is 0 Å². The van der Waals surface area contributed by atoms with Crippen molar-refractivity contribution in [3.8, 4) is 5.75 Å². The number of hydrogen-bond acceptors (Lipinski definition) is 5. The zero-order valence-electron chi connectivity index (χ0n) is 18.6. The van der Waals surface area contributed by atoms with Crippen LogP contribution < -0.4 is 4.74 Å². The van der Waals surface area contributed by atoms with Gasteiger partial charge in [0.05, 0.1) is 18.7 Å². The zero-order valence-corrected chi connectivity index (χ0v) is 19.4. The molecule has 1 N–H and O–H groups in total. The number of fused-ring (bicyclic) bond motifs is 1. The van der Waals surface area contributed by atoms with Gasteiger partial charge >= 0.3 is 0 Å². The summed E-state index contributed by atoms with van der Waals surface area (Å²) in [5, 5.41) is 12.3. The number of benzene rings is 1. The molecule has 1 aliphatic rings. The number of rotatable bonds is 11. The van der Waals surface area contributed by atoms with Gasteiger partial charge in [0.25, 0.3) is 0 Å². The molecule has 0 saturated heterocycles. The Balaban J connectivity index is 1.71. The minimum absolute atomic E-state index is 0.0694. The molecule has 1 aromatic carbocycles. The Morgan fingerprint density at radius 1 is 1.39 bits per heavy atom. The lowest BCUT2D eigenvalue weighted by Crippen LogP contribution is -2.47. The maximum absolute atomic E-state index is 13.3. The summed E-state index contributed by atoms with van der Waals surface area (Å²) in [7, 11) is 0. The normalized spacial score (nSPS) is 16.8. The van der Waals surface area contributed by atoms with E-state index in [1.165, 1.54) is 16.0 Å². The molecule has 2 aromatic rings. The van der Waals surface area contributed by atoms with Gasteiger partial charge in [0, 0.05) is 24.5 Å². The molecule has 1 aliphatic heterocycles. The number of hydrogen-bond donors (Lipinski definition) is 1. The SMILES string of the molecule is C=CCN(CC(=O)N1CCc2sccc2[C@@H]1COc1ccc(C)cc1)C[C@@H](O)CCC. The molecular weight excluding hydrogens is 408 g/mol. The molecule has 0 unspecified atom stereocenters. The summed E-state index contributed by atoms with van der Waals surface area (Å²) in [4.78, 5) is 18.6. The third-order valence-electron chi connectivity index (χ3n) is 5.68. The molecule has 5 nitrogen and oxygen atoms in total. The summed E-state index contributed by atoms with van der Waals surface area (Å²) < 4.78 is 6.10. The van der Waals surface area contributed by atoms with E-state index in [0.717, 1.165) is 25.0 Å². The fourth-order valence-electron chi connectivity index (χ4n) is 4.08. The second-order valence-corrected chi connectivity index (χ2v) is 9.20. The summed E-state index contributed by atoms with van der Waals surface area (Å²) in [6, 6.07) is 10.0. The van der Waals surface area contributed by atoms with Crippen molar-refractivity contribution < 1.29 is 14.6 Å². The Morgan fingerprint density at radius 3 is 2.87 bits per heavy atom. The second kappa shape index (κ2) is 11.5. The number of carbonyl (C=O) groups is 1. The number of amides is 1. The average Bonchev–Trinajstić information content (AvgIpc) is 3.22. The predicted octanol–water partition coefficient (Wildman–Crippen LogP) is 4.21. The first-order valence-corrected chi connectivity index (χ1v) is 12.0. The molecule has 2 heterocycles. The molecule has 0 saturated carbocycles. The second-order valence-electron chi connectivity index (χ2n) is 8.20. The van der Waals surface area contributed by atoms with Crippen molar-refractivity contribution >= 4 is 17.2 Å². The number of aliphatic hydroxyl groups excluding tert-OH is 1. The van der Waals surface area contributed by atoms with Crippen molar-refractivity contribution in [2.75, 3.05) is 32.8 Å². The van der Waals surface area contributed by atoms with Crippen LogP contribution in [0.5, 0.6) is 5.75 Å². The topological polar surface area (TPSA) is 53.0 Å². The molecule has 168 valence electrons. The molecule has 0 fully saturated rings. The molecular formula is C25H34N2O3S. The third-order valence-corrected chi connectivity index (χ3v) is 6.68. The van der Waals surface area contributed by atoms with E-state index in [1.807, 2.05) is 34.1 Å². The summed E-state index contributed by atoms with van der Waals surface area (Å²) >= 11 is 1.75. The van der Waals surface area contributed by atoms with Crippen LogP contribution in [0.1, 0.15) is 41.8 Å². The maximum atomic E-state index is 13.3. The Morgan fingerprint density at radius 2 is 2.16 bits per heavy atom. The summed E-state index contributed by atoms with van der Waals surface area (Å²) in [6.45, 7) is 10.4. The van der Waals surface area contributed by atoms with Crippen LogP contribution in [-0.2, 0) is 11.2 Å². The third kappa shape index (κ3) is 6.42. The van der Waals surface area contributed by atoms with Gasteiger partial charge in [0.15, 0.2) is 0 Å². The lowest BCUT2D eigenvalue weighted by molar-refractivity contribution is -0.136. The summed E-state index contributed by atoms with van der Waals surface area (Å²) in [6.07, 6.45) is 3.89. The van der Waals surface area contributed by atoms with Crippen molar-refractivity contribution in [2.45, 2.75) is 45.3 Å². The van der Waals surface area contributed by atoms with Crippen molar-refractivity contribution in [3.05, 3.63) is 64.4 Å². The molecule has 6 heteroatoms. The van der Waals surface area contributed by atoms with Gasteiger partial charge in [0.2, 0.25) is 5.91 Å². The van der Waals surface area contributed by atoms with Crippen LogP contribution in [-0.4, -0.2) is 59.7 Å². The highest BCUT2D eigenvalue weighted by Gasteiger charge is 2.33. The van der Waals surface area contributed by atoms with Crippen LogP contribution in [0.15, 0.2) is 48.4 Å².